The van der Waals surface area contributed by atoms with E-state index in [4.69, 9.17) is 0 Å². The summed E-state index contributed by atoms with van der Waals surface area (Å²) in [4.78, 5) is 56.7. The number of aromatic nitrogens is 1. The predicted octanol–water partition coefficient (Wildman–Crippen LogP) is 3.39. The molecule has 8 heteroatoms. The first-order chi connectivity index (χ1) is 17.9. The number of carbonyl (C=O) groups excluding carboxylic acids is 4. The van der Waals surface area contributed by atoms with E-state index >= 15 is 0 Å². The van der Waals surface area contributed by atoms with Crippen molar-refractivity contribution in [3.63, 3.8) is 0 Å². The average Bonchev–Trinajstić information content (AvgIpc) is 3.31. The third kappa shape index (κ3) is 5.14. The van der Waals surface area contributed by atoms with Gasteiger partial charge in [0.05, 0.1) is 5.56 Å². The van der Waals surface area contributed by atoms with Crippen LogP contribution in [-0.4, -0.2) is 77.0 Å². The van der Waals surface area contributed by atoms with Crippen LogP contribution < -0.4 is 4.90 Å². The smallest absolute Gasteiger partial charge is 0.295 e. The number of Topliss-reactive ketones (excluding diaryl/α,β-unsaturated/α-hetero) is 2. The summed E-state index contributed by atoms with van der Waals surface area (Å²) in [7, 11) is 0. The Bertz CT molecular complexity index is 1330. The van der Waals surface area contributed by atoms with E-state index in [0.717, 1.165) is 43.6 Å². The number of likely N-dealkylation sites (tertiary alicyclic amines) is 1. The number of rotatable bonds is 6. The van der Waals surface area contributed by atoms with Gasteiger partial charge in [-0.1, -0.05) is 18.2 Å². The van der Waals surface area contributed by atoms with E-state index in [1.54, 1.807) is 22.6 Å². The molecule has 2 aliphatic heterocycles. The molecule has 2 fully saturated rings. The maximum atomic E-state index is 13.4. The van der Waals surface area contributed by atoms with Crippen molar-refractivity contribution < 1.29 is 19.2 Å². The molecule has 8 nitrogen and oxygen atoms in total. The van der Waals surface area contributed by atoms with Crippen LogP contribution in [-0.2, 0) is 16.1 Å². The average molecular weight is 501 g/mol. The summed E-state index contributed by atoms with van der Waals surface area (Å²) in [5.41, 5.74) is 2.78. The molecule has 0 spiro atoms. The summed E-state index contributed by atoms with van der Waals surface area (Å²) in [6.45, 7) is 5.32. The van der Waals surface area contributed by atoms with Gasteiger partial charge in [0.25, 0.3) is 11.7 Å². The molecule has 0 atom stereocenters. The second kappa shape index (κ2) is 10.6. The van der Waals surface area contributed by atoms with Gasteiger partial charge in [-0.2, -0.15) is 0 Å². The van der Waals surface area contributed by atoms with Gasteiger partial charge < -0.3 is 19.3 Å². The van der Waals surface area contributed by atoms with E-state index in [0.29, 0.717) is 42.7 Å². The lowest BCUT2D eigenvalue weighted by molar-refractivity contribution is -0.132. The number of benzene rings is 2. The monoisotopic (exact) mass is 500 g/mol. The van der Waals surface area contributed by atoms with Gasteiger partial charge in [0, 0.05) is 67.6 Å². The molecule has 3 heterocycles. The second-order valence-electron chi connectivity index (χ2n) is 9.84. The molecular formula is C29H32N4O4. The number of piperidine rings is 1. The van der Waals surface area contributed by atoms with Crippen molar-refractivity contribution in [1.29, 1.82) is 0 Å². The van der Waals surface area contributed by atoms with E-state index in [9.17, 15) is 19.2 Å². The van der Waals surface area contributed by atoms with Gasteiger partial charge in [-0.25, -0.2) is 0 Å². The van der Waals surface area contributed by atoms with Crippen LogP contribution in [0.25, 0.3) is 10.9 Å². The molecule has 0 N–H and O–H groups in total. The number of hydrogen-bond donors (Lipinski definition) is 0. The lowest BCUT2D eigenvalue weighted by Crippen LogP contribution is -2.50. The minimum atomic E-state index is -0.542. The molecule has 37 heavy (non-hydrogen) atoms. The van der Waals surface area contributed by atoms with Gasteiger partial charge >= 0.3 is 0 Å². The summed E-state index contributed by atoms with van der Waals surface area (Å²) < 4.78 is 1.80. The highest BCUT2D eigenvalue weighted by Gasteiger charge is 2.29. The van der Waals surface area contributed by atoms with Crippen LogP contribution in [0, 0.1) is 0 Å². The Morgan fingerprint density at radius 1 is 0.757 bits per heavy atom. The molecule has 3 aromatic rings. The van der Waals surface area contributed by atoms with Crippen molar-refractivity contribution in [2.45, 2.75) is 32.7 Å². The lowest BCUT2D eigenvalue weighted by atomic mass is 10.1. The van der Waals surface area contributed by atoms with Crippen LogP contribution >= 0.6 is 0 Å². The molecular weight excluding hydrogens is 468 g/mol. The van der Waals surface area contributed by atoms with Crippen molar-refractivity contribution in [2.24, 2.45) is 0 Å². The van der Waals surface area contributed by atoms with Crippen molar-refractivity contribution in [3.8, 4) is 0 Å². The number of para-hydroxylation sites is 1. The molecule has 2 amide bonds. The Hall–Kier alpha value is -3.94. The maximum absolute atomic E-state index is 13.4. The first kappa shape index (κ1) is 24.7. The van der Waals surface area contributed by atoms with Gasteiger partial charge in [0.1, 0.15) is 6.54 Å². The number of hydrogen-bond acceptors (Lipinski definition) is 5. The molecule has 0 unspecified atom stereocenters. The first-order valence-corrected chi connectivity index (χ1v) is 13.0. The molecule has 2 aromatic carbocycles. The van der Waals surface area contributed by atoms with Crippen LogP contribution in [0.1, 0.15) is 46.9 Å². The third-order valence-electron chi connectivity index (χ3n) is 7.45. The fraction of sp³-hybridized carbons (Fsp3) is 0.379. The molecule has 0 saturated carbocycles. The highest BCUT2D eigenvalue weighted by atomic mass is 16.2. The van der Waals surface area contributed by atoms with Crippen molar-refractivity contribution in [2.75, 3.05) is 44.2 Å². The Labute approximate surface area is 216 Å². The number of ketones is 2. The highest BCUT2D eigenvalue weighted by molar-refractivity contribution is 6.45. The van der Waals surface area contributed by atoms with Crippen LogP contribution in [0.4, 0.5) is 5.69 Å². The highest BCUT2D eigenvalue weighted by Crippen LogP contribution is 2.24. The summed E-state index contributed by atoms with van der Waals surface area (Å²) >= 11 is 0. The first-order valence-electron chi connectivity index (χ1n) is 13.0. The van der Waals surface area contributed by atoms with E-state index in [1.807, 2.05) is 53.4 Å². The van der Waals surface area contributed by atoms with Crippen molar-refractivity contribution >= 4 is 40.0 Å². The topological polar surface area (TPSA) is 82.9 Å². The van der Waals surface area contributed by atoms with E-state index in [1.165, 1.54) is 0 Å². The number of carbonyl (C=O) groups is 4. The Morgan fingerprint density at radius 3 is 2.11 bits per heavy atom. The zero-order valence-electron chi connectivity index (χ0n) is 21.2. The van der Waals surface area contributed by atoms with Gasteiger partial charge in [-0.3, -0.25) is 19.2 Å². The molecule has 1 aromatic heterocycles. The van der Waals surface area contributed by atoms with E-state index in [2.05, 4.69) is 4.90 Å². The van der Waals surface area contributed by atoms with Gasteiger partial charge in [0.15, 0.2) is 5.78 Å². The molecule has 2 aliphatic rings. The number of fused-ring (bicyclic) bond motifs is 1. The van der Waals surface area contributed by atoms with E-state index in [-0.39, 0.29) is 18.2 Å². The summed E-state index contributed by atoms with van der Waals surface area (Å²) in [6.07, 6.45) is 4.86. The molecule has 0 bridgehead atoms. The summed E-state index contributed by atoms with van der Waals surface area (Å²) in [6, 6.07) is 14.9. The van der Waals surface area contributed by atoms with Gasteiger partial charge in [-0.05, 0) is 56.5 Å². The number of anilines is 1. The largest absolute Gasteiger partial charge is 0.368 e. The summed E-state index contributed by atoms with van der Waals surface area (Å²) in [5, 5.41) is 0.691. The predicted molar refractivity (Wildman–Crippen MR) is 142 cm³/mol. The fourth-order valence-electron chi connectivity index (χ4n) is 5.28. The summed E-state index contributed by atoms with van der Waals surface area (Å²) in [5.74, 6) is -0.993. The number of amides is 2. The number of piperazine rings is 1. The minimum Gasteiger partial charge on any atom is -0.368 e. The quantitative estimate of drug-likeness (QED) is 0.383. The maximum Gasteiger partial charge on any atom is 0.295 e. The molecule has 0 radical (unpaired) electrons. The van der Waals surface area contributed by atoms with Gasteiger partial charge in [-0.15, -0.1) is 0 Å². The van der Waals surface area contributed by atoms with Crippen LogP contribution in [0.15, 0.2) is 54.7 Å². The second-order valence-corrected chi connectivity index (χ2v) is 9.84. The zero-order chi connectivity index (χ0) is 25.9. The van der Waals surface area contributed by atoms with Crippen LogP contribution in [0.2, 0.25) is 0 Å². The standard InChI is InChI=1S/C29H32N4O4/c1-21(34)22-9-11-23(12-10-22)30-15-17-32(18-16-30)29(37)28(36)25-19-33(26-8-4-3-7-24(25)26)20-27(35)31-13-5-2-6-14-31/h3-4,7-12,19H,2,5-6,13-18,20H2,1H3. The Balaban J connectivity index is 1.28. The van der Waals surface area contributed by atoms with Crippen molar-refractivity contribution in [1.82, 2.24) is 14.4 Å². The minimum absolute atomic E-state index is 0.0256. The molecule has 0 aliphatic carbocycles. The van der Waals surface area contributed by atoms with Crippen LogP contribution in [0.5, 0.6) is 0 Å². The Kier molecular flexibility index (Phi) is 7.08. The SMILES string of the molecule is CC(=O)c1ccc(N2CCN(C(=O)C(=O)c3cn(CC(=O)N4CCCCC4)c4ccccc34)CC2)cc1. The molecule has 192 valence electrons. The Morgan fingerprint density at radius 2 is 1.43 bits per heavy atom. The number of nitrogens with zero attached hydrogens (tertiary/aromatic N) is 4. The molecule has 5 rings (SSSR count). The normalized spacial score (nSPS) is 16.2. The van der Waals surface area contributed by atoms with Gasteiger partial charge in [0.2, 0.25) is 5.91 Å². The fourth-order valence-corrected chi connectivity index (χ4v) is 5.28. The van der Waals surface area contributed by atoms with Crippen molar-refractivity contribution in [3.05, 3.63) is 65.9 Å². The van der Waals surface area contributed by atoms with E-state index < -0.39 is 11.7 Å². The molecule has 2 saturated heterocycles. The zero-order valence-corrected chi connectivity index (χ0v) is 21.2. The van der Waals surface area contributed by atoms with Crippen LogP contribution in [0.3, 0.4) is 0 Å². The third-order valence-corrected chi connectivity index (χ3v) is 7.45. The lowest BCUT2D eigenvalue weighted by Gasteiger charge is -2.35.